The zero-order chi connectivity index (χ0) is 31.2. The molecule has 46 heavy (non-hydrogen) atoms. The summed E-state index contributed by atoms with van der Waals surface area (Å²) < 4.78 is 10.7. The second-order valence-corrected chi connectivity index (χ2v) is 11.8. The molecule has 0 saturated carbocycles. The fourth-order valence-electron chi connectivity index (χ4n) is 6.69. The number of hydrogen-bond acceptors (Lipinski definition) is 3. The van der Waals surface area contributed by atoms with Gasteiger partial charge >= 0.3 is 21.1 Å². The molecule has 0 aliphatic rings. The molecule has 0 saturated heterocycles. The van der Waals surface area contributed by atoms with E-state index in [2.05, 4.69) is 107 Å². The molecule has 0 atom stereocenters. The minimum absolute atomic E-state index is 0. The molecule has 232 valence electrons. The first-order valence-corrected chi connectivity index (χ1v) is 15.6. The van der Waals surface area contributed by atoms with Crippen LogP contribution in [0, 0.1) is 39.8 Å². The molecule has 0 amide bonds. The van der Waals surface area contributed by atoms with Crippen molar-refractivity contribution in [3.63, 3.8) is 0 Å². The Labute approximate surface area is 285 Å². The number of benzene rings is 4. The van der Waals surface area contributed by atoms with E-state index in [0.717, 1.165) is 57.4 Å². The number of ether oxygens (including phenoxy) is 1. The van der Waals surface area contributed by atoms with Crippen molar-refractivity contribution >= 4 is 21.8 Å². The number of pyridine rings is 1. The summed E-state index contributed by atoms with van der Waals surface area (Å²) in [5.74, 6) is 2.08. The van der Waals surface area contributed by atoms with Gasteiger partial charge in [-0.1, -0.05) is 55.3 Å². The first kappa shape index (κ1) is 31.5. The van der Waals surface area contributed by atoms with Crippen molar-refractivity contribution in [1.82, 2.24) is 19.3 Å². The smallest absolute Gasteiger partial charge is 0.509 e. The Morgan fingerprint density at radius 1 is 0.717 bits per heavy atom. The number of rotatable bonds is 7. The van der Waals surface area contributed by atoms with Gasteiger partial charge in [-0.3, -0.25) is 4.68 Å². The Morgan fingerprint density at radius 2 is 1.48 bits per heavy atom. The van der Waals surface area contributed by atoms with E-state index in [9.17, 15) is 0 Å². The van der Waals surface area contributed by atoms with Gasteiger partial charge < -0.3 is 9.30 Å². The number of nitrogens with zero attached hydrogens (tertiary/aromatic N) is 4. The number of para-hydroxylation sites is 1. The van der Waals surface area contributed by atoms with Crippen molar-refractivity contribution in [1.29, 1.82) is 0 Å². The third-order valence-electron chi connectivity index (χ3n) is 8.54. The van der Waals surface area contributed by atoms with Crippen molar-refractivity contribution < 1.29 is 25.8 Å². The fraction of sp³-hybridized carbons (Fsp3) is 0.200. The first-order valence-electron chi connectivity index (χ1n) is 15.6. The van der Waals surface area contributed by atoms with Crippen LogP contribution >= 0.6 is 0 Å². The van der Waals surface area contributed by atoms with Gasteiger partial charge in [-0.15, -0.1) is 35.7 Å². The zero-order valence-electron chi connectivity index (χ0n) is 27.0. The average Bonchev–Trinajstić information content (AvgIpc) is 3.56. The molecular weight excluding hydrogens is 748 g/mol. The number of fused-ring (bicyclic) bond motifs is 3. The molecule has 0 aliphatic heterocycles. The van der Waals surface area contributed by atoms with Crippen molar-refractivity contribution in [2.75, 3.05) is 0 Å². The molecule has 5 nitrogen and oxygen atoms in total. The van der Waals surface area contributed by atoms with Crippen LogP contribution in [0.3, 0.4) is 0 Å². The van der Waals surface area contributed by atoms with Crippen LogP contribution in [0.15, 0.2) is 85.1 Å². The van der Waals surface area contributed by atoms with Crippen LogP contribution in [0.5, 0.6) is 11.5 Å². The predicted octanol–water partition coefficient (Wildman–Crippen LogP) is 9.78. The second kappa shape index (κ2) is 12.7. The quantitative estimate of drug-likeness (QED) is 0.151. The van der Waals surface area contributed by atoms with Gasteiger partial charge in [-0.2, -0.15) is 17.2 Å². The molecule has 0 radical (unpaired) electrons. The molecule has 0 spiro atoms. The van der Waals surface area contributed by atoms with E-state index in [1.54, 1.807) is 0 Å². The van der Waals surface area contributed by atoms with Gasteiger partial charge in [0, 0.05) is 34.5 Å². The molecule has 3 aromatic heterocycles. The molecular formula is C40H36N4OPt. The number of aromatic nitrogens is 4. The maximum absolute atomic E-state index is 6.45. The standard InChI is InChI=1S/C40H36N4O.Pt/c1-7-34-40(39-27(5)20-26(4)21-28(39)6)35(8-2)44(42-34)29-12-11-13-30(23-29)45-31-16-17-33-32-14-9-10-15-36(32)43(37(33)24-31)38-22-25(3)18-19-41-38;/h9-22H,7-8H2,1-6H3;/q-2;+2. The minimum Gasteiger partial charge on any atom is -0.509 e. The summed E-state index contributed by atoms with van der Waals surface area (Å²) in [4.78, 5) is 4.70. The summed E-state index contributed by atoms with van der Waals surface area (Å²) in [6.07, 6.45) is 3.54. The second-order valence-electron chi connectivity index (χ2n) is 11.8. The summed E-state index contributed by atoms with van der Waals surface area (Å²) in [6, 6.07) is 34.2. The van der Waals surface area contributed by atoms with Gasteiger partial charge in [0.05, 0.1) is 5.69 Å². The summed E-state index contributed by atoms with van der Waals surface area (Å²) in [6.45, 7) is 13.0. The Bertz CT molecular complexity index is 2200. The predicted molar refractivity (Wildman–Crippen MR) is 183 cm³/mol. The topological polar surface area (TPSA) is 44.9 Å². The Balaban J connectivity index is 0.00000372. The third kappa shape index (κ3) is 5.47. The van der Waals surface area contributed by atoms with Crippen LogP contribution in [0.2, 0.25) is 0 Å². The summed E-state index contributed by atoms with van der Waals surface area (Å²) >= 11 is 0. The summed E-state index contributed by atoms with van der Waals surface area (Å²) in [7, 11) is 0. The number of hydrogen-bond donors (Lipinski definition) is 0. The SMILES string of the molecule is CCc1nn(-c2[c-]c(Oc3[c-]c4c(cc3)c3ccccc3n4-c3cc(C)ccn3)ccc2)c(CC)c1-c1c(C)cc(C)cc1C.[Pt+2]. The van der Waals surface area contributed by atoms with Crippen molar-refractivity contribution in [2.45, 2.75) is 54.4 Å². The molecule has 0 fully saturated rings. The van der Waals surface area contributed by atoms with E-state index in [-0.39, 0.29) is 21.1 Å². The molecule has 0 unspecified atom stereocenters. The van der Waals surface area contributed by atoms with Crippen LogP contribution in [0.4, 0.5) is 0 Å². The van der Waals surface area contributed by atoms with E-state index < -0.39 is 0 Å². The molecule has 6 heteroatoms. The van der Waals surface area contributed by atoms with Crippen LogP contribution in [0.25, 0.3) is 44.4 Å². The Hall–Kier alpha value is -4.47. The molecule has 0 bridgehead atoms. The fourth-order valence-corrected chi connectivity index (χ4v) is 6.69. The normalized spacial score (nSPS) is 11.3. The Morgan fingerprint density at radius 3 is 2.22 bits per heavy atom. The van der Waals surface area contributed by atoms with Crippen LogP contribution in [-0.4, -0.2) is 19.3 Å². The largest absolute Gasteiger partial charge is 2.00 e. The van der Waals surface area contributed by atoms with E-state index >= 15 is 0 Å². The Kier molecular flexibility index (Phi) is 8.72. The van der Waals surface area contributed by atoms with Gasteiger partial charge in [0.1, 0.15) is 5.82 Å². The molecule has 7 aromatic rings. The van der Waals surface area contributed by atoms with Crippen LogP contribution in [-0.2, 0) is 33.9 Å². The molecule has 7 rings (SSSR count). The van der Waals surface area contributed by atoms with Gasteiger partial charge in [0.15, 0.2) is 0 Å². The van der Waals surface area contributed by atoms with Crippen LogP contribution in [0.1, 0.15) is 47.5 Å². The summed E-state index contributed by atoms with van der Waals surface area (Å²) in [5, 5.41) is 7.38. The van der Waals surface area contributed by atoms with Crippen molar-refractivity contribution in [3.05, 3.63) is 131 Å². The maximum Gasteiger partial charge on any atom is 2.00 e. The van der Waals surface area contributed by atoms with Crippen molar-refractivity contribution in [3.8, 4) is 34.1 Å². The van der Waals surface area contributed by atoms with Gasteiger partial charge in [-0.25, -0.2) is 4.98 Å². The minimum atomic E-state index is 0. The zero-order valence-corrected chi connectivity index (χ0v) is 29.3. The molecule has 0 aliphatic carbocycles. The molecule has 0 N–H and O–H groups in total. The molecule has 3 heterocycles. The van der Waals surface area contributed by atoms with E-state index in [1.807, 2.05) is 41.2 Å². The first-order chi connectivity index (χ1) is 21.9. The van der Waals surface area contributed by atoms with Crippen molar-refractivity contribution in [2.24, 2.45) is 0 Å². The van der Waals surface area contributed by atoms with Crippen LogP contribution < -0.4 is 4.74 Å². The van der Waals surface area contributed by atoms with E-state index in [1.165, 1.54) is 33.5 Å². The maximum atomic E-state index is 6.45. The monoisotopic (exact) mass is 783 g/mol. The van der Waals surface area contributed by atoms with Gasteiger partial charge in [0.2, 0.25) is 0 Å². The van der Waals surface area contributed by atoms with Gasteiger partial charge in [0.25, 0.3) is 0 Å². The average molecular weight is 784 g/mol. The van der Waals surface area contributed by atoms with E-state index in [0.29, 0.717) is 11.5 Å². The third-order valence-corrected chi connectivity index (χ3v) is 8.54. The summed E-state index contributed by atoms with van der Waals surface area (Å²) in [5.41, 5.74) is 12.6. The molecule has 4 aromatic carbocycles. The number of aryl methyl sites for hydroxylation is 5. The van der Waals surface area contributed by atoms with Gasteiger partial charge in [-0.05, 0) is 92.1 Å². The van der Waals surface area contributed by atoms with E-state index in [4.69, 9.17) is 14.8 Å².